The third-order valence-electron chi connectivity index (χ3n) is 4.62. The Morgan fingerprint density at radius 3 is 2.54 bits per heavy atom. The molecule has 140 valence electrons. The van der Waals surface area contributed by atoms with Crippen LogP contribution in [-0.4, -0.2) is 27.9 Å². The minimum Gasteiger partial charge on any atom is -0.312 e. The molecular formula is C22H20N4O2. The van der Waals surface area contributed by atoms with Gasteiger partial charge in [0.15, 0.2) is 0 Å². The minimum atomic E-state index is -0.262. The molecule has 1 N–H and O–H groups in total. The largest absolute Gasteiger partial charge is 0.312 e. The van der Waals surface area contributed by atoms with E-state index in [1.807, 2.05) is 59.2 Å². The molecule has 0 saturated carbocycles. The molecule has 1 fully saturated rings. The highest BCUT2D eigenvalue weighted by Gasteiger charge is 2.21. The van der Waals surface area contributed by atoms with E-state index in [0.717, 1.165) is 29.9 Å². The Balaban J connectivity index is 1.41. The predicted octanol–water partition coefficient (Wildman–Crippen LogP) is 3.65. The topological polar surface area (TPSA) is 67.2 Å². The smallest absolute Gasteiger partial charge is 0.250 e. The third kappa shape index (κ3) is 3.86. The first kappa shape index (κ1) is 17.7. The number of anilines is 2. The number of rotatable bonds is 5. The first-order valence-corrected chi connectivity index (χ1v) is 9.19. The highest BCUT2D eigenvalue weighted by Crippen LogP contribution is 2.22. The van der Waals surface area contributed by atoms with E-state index in [1.165, 1.54) is 6.08 Å². The number of amides is 2. The van der Waals surface area contributed by atoms with Gasteiger partial charge in [0.2, 0.25) is 11.9 Å². The minimum absolute atomic E-state index is 0.164. The molecule has 6 nitrogen and oxygen atoms in total. The lowest BCUT2D eigenvalue weighted by Gasteiger charge is -2.15. The Kier molecular flexibility index (Phi) is 5.01. The molecule has 0 unspecified atom stereocenters. The average Bonchev–Trinajstić information content (AvgIpc) is 3.36. The Bertz CT molecular complexity index is 1010. The zero-order valence-electron chi connectivity index (χ0n) is 15.3. The molecule has 28 heavy (non-hydrogen) atoms. The second kappa shape index (κ2) is 7.92. The number of nitrogens with zero attached hydrogens (tertiary/aromatic N) is 3. The molecule has 2 aromatic carbocycles. The van der Waals surface area contributed by atoms with Crippen molar-refractivity contribution in [3.8, 4) is 5.69 Å². The summed E-state index contributed by atoms with van der Waals surface area (Å²) in [4.78, 5) is 30.1. The molecule has 1 aromatic heterocycles. The first-order valence-electron chi connectivity index (χ1n) is 9.19. The van der Waals surface area contributed by atoms with Crippen LogP contribution in [0.5, 0.6) is 0 Å². The molecule has 1 saturated heterocycles. The van der Waals surface area contributed by atoms with E-state index < -0.39 is 0 Å². The van der Waals surface area contributed by atoms with Crippen LogP contribution in [0.1, 0.15) is 18.4 Å². The Morgan fingerprint density at radius 1 is 1.04 bits per heavy atom. The van der Waals surface area contributed by atoms with E-state index in [2.05, 4.69) is 10.3 Å². The number of imidazole rings is 1. The van der Waals surface area contributed by atoms with E-state index >= 15 is 0 Å². The molecule has 1 aliphatic heterocycles. The van der Waals surface area contributed by atoms with Crippen molar-refractivity contribution in [1.82, 2.24) is 9.55 Å². The van der Waals surface area contributed by atoms with Crippen molar-refractivity contribution < 1.29 is 9.59 Å². The Labute approximate surface area is 163 Å². The molecule has 1 aliphatic rings. The summed E-state index contributed by atoms with van der Waals surface area (Å²) in [5, 5.41) is 2.79. The van der Waals surface area contributed by atoms with Gasteiger partial charge in [0.1, 0.15) is 0 Å². The number of hydrogen-bond donors (Lipinski definition) is 1. The van der Waals surface area contributed by atoms with Crippen LogP contribution in [0.25, 0.3) is 11.8 Å². The molecule has 6 heteroatoms. The summed E-state index contributed by atoms with van der Waals surface area (Å²) in [6, 6.07) is 17.3. The van der Waals surface area contributed by atoms with Crippen LogP contribution in [0.4, 0.5) is 11.6 Å². The van der Waals surface area contributed by atoms with Crippen molar-refractivity contribution in [3.05, 3.63) is 78.6 Å². The van der Waals surface area contributed by atoms with Gasteiger partial charge in [-0.15, -0.1) is 0 Å². The van der Waals surface area contributed by atoms with Crippen molar-refractivity contribution >= 4 is 29.5 Å². The zero-order chi connectivity index (χ0) is 19.3. The number of aromatic nitrogens is 2. The van der Waals surface area contributed by atoms with E-state index in [0.29, 0.717) is 12.4 Å². The highest BCUT2D eigenvalue weighted by molar-refractivity contribution is 6.01. The van der Waals surface area contributed by atoms with Gasteiger partial charge in [0.25, 0.3) is 5.91 Å². The van der Waals surface area contributed by atoms with Gasteiger partial charge >= 0.3 is 0 Å². The summed E-state index contributed by atoms with van der Waals surface area (Å²) in [6.45, 7) is 0.768. The van der Waals surface area contributed by atoms with E-state index in [9.17, 15) is 9.59 Å². The van der Waals surface area contributed by atoms with Gasteiger partial charge in [-0.3, -0.25) is 19.5 Å². The van der Waals surface area contributed by atoms with E-state index in [4.69, 9.17) is 0 Å². The fraction of sp³-hybridized carbons (Fsp3) is 0.136. The lowest BCUT2D eigenvalue weighted by molar-refractivity contribution is -0.117. The summed E-state index contributed by atoms with van der Waals surface area (Å²) in [6.07, 6.45) is 8.17. The summed E-state index contributed by atoms with van der Waals surface area (Å²) < 4.78 is 1.81. The van der Waals surface area contributed by atoms with Gasteiger partial charge in [-0.2, -0.15) is 0 Å². The maximum absolute atomic E-state index is 12.3. The van der Waals surface area contributed by atoms with Crippen LogP contribution in [0.3, 0.4) is 0 Å². The lowest BCUT2D eigenvalue weighted by Crippen LogP contribution is -2.23. The Hall–Kier alpha value is -3.67. The standard InChI is InChI=1S/C22H20N4O2/c27-20(24-22-23-14-16-26(22)18-5-2-1-3-6-18)13-10-17-8-11-19(12-9-17)25-15-4-7-21(25)28/h1-3,5-6,8-14,16H,4,7,15H2,(H,23,24,27). The molecule has 3 aromatic rings. The van der Waals surface area contributed by atoms with Crippen LogP contribution < -0.4 is 10.2 Å². The van der Waals surface area contributed by atoms with Gasteiger partial charge in [0.05, 0.1) is 0 Å². The average molecular weight is 372 g/mol. The molecular weight excluding hydrogens is 352 g/mol. The molecule has 0 radical (unpaired) electrons. The summed E-state index contributed by atoms with van der Waals surface area (Å²) in [5.74, 6) is 0.363. The molecule has 2 heterocycles. The van der Waals surface area contributed by atoms with E-state index in [-0.39, 0.29) is 11.8 Å². The van der Waals surface area contributed by atoms with Crippen molar-refractivity contribution in [2.24, 2.45) is 0 Å². The molecule has 0 atom stereocenters. The summed E-state index contributed by atoms with van der Waals surface area (Å²) in [5.41, 5.74) is 2.71. The van der Waals surface area contributed by atoms with Gasteiger partial charge in [-0.1, -0.05) is 30.3 Å². The number of para-hydroxylation sites is 1. The normalized spacial score (nSPS) is 14.0. The van der Waals surface area contributed by atoms with E-state index in [1.54, 1.807) is 23.4 Å². The molecule has 4 rings (SSSR count). The monoisotopic (exact) mass is 372 g/mol. The van der Waals surface area contributed by atoms with Crippen LogP contribution >= 0.6 is 0 Å². The first-order chi connectivity index (χ1) is 13.7. The number of nitrogens with one attached hydrogen (secondary N) is 1. The zero-order valence-corrected chi connectivity index (χ0v) is 15.3. The number of carbonyl (C=O) groups excluding carboxylic acids is 2. The van der Waals surface area contributed by atoms with Gasteiger partial charge in [-0.05, 0) is 42.3 Å². The quantitative estimate of drug-likeness (QED) is 0.695. The molecule has 0 spiro atoms. The van der Waals surface area contributed by atoms with Crippen LogP contribution in [0.15, 0.2) is 73.1 Å². The maximum atomic E-state index is 12.3. The predicted molar refractivity (Wildman–Crippen MR) is 109 cm³/mol. The highest BCUT2D eigenvalue weighted by atomic mass is 16.2. The number of carbonyl (C=O) groups is 2. The van der Waals surface area contributed by atoms with Crippen molar-refractivity contribution in [3.63, 3.8) is 0 Å². The number of hydrogen-bond acceptors (Lipinski definition) is 3. The van der Waals surface area contributed by atoms with Crippen molar-refractivity contribution in [2.45, 2.75) is 12.8 Å². The van der Waals surface area contributed by atoms with Gasteiger partial charge < -0.3 is 4.90 Å². The summed E-state index contributed by atoms with van der Waals surface area (Å²) >= 11 is 0. The van der Waals surface area contributed by atoms with Crippen molar-refractivity contribution in [2.75, 3.05) is 16.8 Å². The number of benzene rings is 2. The fourth-order valence-electron chi connectivity index (χ4n) is 3.20. The molecule has 0 aliphatic carbocycles. The van der Waals surface area contributed by atoms with Crippen LogP contribution in [-0.2, 0) is 9.59 Å². The lowest BCUT2D eigenvalue weighted by atomic mass is 10.2. The fourth-order valence-corrected chi connectivity index (χ4v) is 3.20. The third-order valence-corrected chi connectivity index (χ3v) is 4.62. The maximum Gasteiger partial charge on any atom is 0.250 e. The Morgan fingerprint density at radius 2 is 1.82 bits per heavy atom. The van der Waals surface area contributed by atoms with Gasteiger partial charge in [0, 0.05) is 42.8 Å². The van der Waals surface area contributed by atoms with Gasteiger partial charge in [-0.25, -0.2) is 4.98 Å². The van der Waals surface area contributed by atoms with Crippen LogP contribution in [0, 0.1) is 0 Å². The second-order valence-electron chi connectivity index (χ2n) is 6.52. The SMILES string of the molecule is O=C(C=Cc1ccc(N2CCCC2=O)cc1)Nc1nccn1-c1ccccc1. The molecule has 2 amide bonds. The van der Waals surface area contributed by atoms with Crippen LogP contribution in [0.2, 0.25) is 0 Å². The summed E-state index contributed by atoms with van der Waals surface area (Å²) in [7, 11) is 0. The van der Waals surface area contributed by atoms with Crippen molar-refractivity contribution in [1.29, 1.82) is 0 Å². The second-order valence-corrected chi connectivity index (χ2v) is 6.52. The molecule has 0 bridgehead atoms.